The summed E-state index contributed by atoms with van der Waals surface area (Å²) in [5.74, 6) is 0. The number of rotatable bonds is 0. The normalized spacial score (nSPS) is 11.4. The highest BCUT2D eigenvalue weighted by molar-refractivity contribution is 6.06. The molecular formula is C36H26N2O2. The molecule has 0 spiro atoms. The Bertz CT molecular complexity index is 2230. The Balaban J connectivity index is 1.81. The second-order valence-electron chi connectivity index (χ2n) is 10.3. The summed E-state index contributed by atoms with van der Waals surface area (Å²) in [5.41, 5.74) is 1.38. The Morgan fingerprint density at radius 1 is 0.375 bits per heavy atom. The fourth-order valence-electron chi connectivity index (χ4n) is 5.72. The number of fused-ring (bicyclic) bond motifs is 10. The van der Waals surface area contributed by atoms with Crippen LogP contribution < -0.4 is 11.1 Å². The van der Waals surface area contributed by atoms with Crippen LogP contribution in [0.3, 0.4) is 0 Å². The van der Waals surface area contributed by atoms with Crippen molar-refractivity contribution in [2.75, 3.05) is 0 Å². The van der Waals surface area contributed by atoms with E-state index in [1.807, 2.05) is 86.9 Å². The van der Waals surface area contributed by atoms with Crippen molar-refractivity contribution >= 4 is 64.9 Å². The third-order valence-electron chi connectivity index (χ3n) is 7.90. The summed E-state index contributed by atoms with van der Waals surface area (Å²) in [6, 6.07) is 39.9. The van der Waals surface area contributed by atoms with Crippen LogP contribution in [0, 0.1) is 0 Å². The first-order valence-electron chi connectivity index (χ1n) is 13.3. The summed E-state index contributed by atoms with van der Waals surface area (Å²) in [4.78, 5) is 28.0. The van der Waals surface area contributed by atoms with Gasteiger partial charge in [0.05, 0.1) is 11.0 Å². The highest BCUT2D eigenvalue weighted by Gasteiger charge is 2.07. The van der Waals surface area contributed by atoms with Gasteiger partial charge in [0.25, 0.3) is 11.1 Å². The van der Waals surface area contributed by atoms with Crippen LogP contribution in [0.1, 0.15) is 0 Å². The first-order chi connectivity index (χ1) is 19.5. The fourth-order valence-corrected chi connectivity index (χ4v) is 5.72. The van der Waals surface area contributed by atoms with Gasteiger partial charge in [-0.1, -0.05) is 72.8 Å². The number of benzene rings is 6. The molecule has 0 aliphatic rings. The van der Waals surface area contributed by atoms with Gasteiger partial charge in [-0.05, 0) is 80.8 Å². The second kappa shape index (κ2) is 9.21. The Hall–Kier alpha value is -5.22. The van der Waals surface area contributed by atoms with E-state index < -0.39 is 0 Å². The molecule has 6 aromatic carbocycles. The first kappa shape index (κ1) is 23.9. The van der Waals surface area contributed by atoms with Crippen LogP contribution in [0.4, 0.5) is 0 Å². The Morgan fingerprint density at radius 3 is 1.10 bits per heavy atom. The smallest absolute Gasteiger partial charge is 0.258 e. The van der Waals surface area contributed by atoms with Crippen molar-refractivity contribution < 1.29 is 0 Å². The quantitative estimate of drug-likeness (QED) is 0.207. The lowest BCUT2D eigenvalue weighted by molar-refractivity contribution is 0.920. The number of hydrogen-bond donors (Lipinski definition) is 0. The van der Waals surface area contributed by atoms with Crippen molar-refractivity contribution in [2.24, 2.45) is 14.1 Å². The van der Waals surface area contributed by atoms with Gasteiger partial charge in [0.2, 0.25) is 0 Å². The van der Waals surface area contributed by atoms with Crippen molar-refractivity contribution in [2.45, 2.75) is 0 Å². The molecule has 1 heterocycles. The average Bonchev–Trinajstić information content (AvgIpc) is 3.01. The minimum atomic E-state index is -0.0987. The van der Waals surface area contributed by atoms with Crippen LogP contribution in [0.15, 0.2) is 131 Å². The molecule has 4 bridgehead atoms. The predicted octanol–water partition coefficient (Wildman–Crippen LogP) is 7.69. The third-order valence-corrected chi connectivity index (χ3v) is 7.90. The highest BCUT2D eigenvalue weighted by atomic mass is 16.1. The van der Waals surface area contributed by atoms with Crippen molar-refractivity contribution in [3.05, 3.63) is 142 Å². The third kappa shape index (κ3) is 3.85. The molecule has 0 radical (unpaired) electrons. The molecule has 0 unspecified atom stereocenters. The molecule has 0 atom stereocenters. The van der Waals surface area contributed by atoms with Crippen LogP contribution in [0.25, 0.3) is 64.9 Å². The van der Waals surface area contributed by atoms with Crippen LogP contribution in [-0.2, 0) is 14.1 Å². The van der Waals surface area contributed by atoms with Crippen molar-refractivity contribution in [3.63, 3.8) is 0 Å². The topological polar surface area (TPSA) is 44.0 Å². The van der Waals surface area contributed by atoms with Crippen molar-refractivity contribution in [3.8, 4) is 0 Å². The average molecular weight is 519 g/mol. The highest BCUT2D eigenvalue weighted by Crippen LogP contribution is 2.27. The van der Waals surface area contributed by atoms with Gasteiger partial charge in [0, 0.05) is 35.6 Å². The van der Waals surface area contributed by atoms with E-state index in [0.29, 0.717) is 10.8 Å². The molecule has 40 heavy (non-hydrogen) atoms. The molecule has 0 aliphatic heterocycles. The number of aryl methyl sites for hydroxylation is 2. The van der Waals surface area contributed by atoms with Crippen LogP contribution in [0.5, 0.6) is 0 Å². The van der Waals surface area contributed by atoms with Crippen LogP contribution in [-0.4, -0.2) is 9.13 Å². The molecule has 0 aliphatic carbocycles. The lowest BCUT2D eigenvalue weighted by Crippen LogP contribution is -2.15. The van der Waals surface area contributed by atoms with E-state index in [2.05, 4.69) is 48.5 Å². The molecule has 0 N–H and O–H groups in total. The summed E-state index contributed by atoms with van der Waals surface area (Å²) in [7, 11) is 3.64. The van der Waals surface area contributed by atoms with E-state index in [9.17, 15) is 9.59 Å². The molecule has 7 aromatic rings. The van der Waals surface area contributed by atoms with Gasteiger partial charge >= 0.3 is 0 Å². The maximum Gasteiger partial charge on any atom is 0.258 e. The Kier molecular flexibility index (Phi) is 5.49. The minimum absolute atomic E-state index is 0.0987. The van der Waals surface area contributed by atoms with E-state index in [0.717, 1.165) is 54.1 Å². The lowest BCUT2D eigenvalue weighted by Gasteiger charge is -2.08. The van der Waals surface area contributed by atoms with Gasteiger partial charge in [0.15, 0.2) is 0 Å². The lowest BCUT2D eigenvalue weighted by atomic mass is 10.0. The molecule has 0 saturated carbocycles. The molecule has 1 aromatic heterocycles. The van der Waals surface area contributed by atoms with E-state index in [-0.39, 0.29) is 11.1 Å². The van der Waals surface area contributed by atoms with Gasteiger partial charge in [-0.25, -0.2) is 0 Å². The van der Waals surface area contributed by atoms with Crippen LogP contribution in [0.2, 0.25) is 0 Å². The van der Waals surface area contributed by atoms with E-state index in [1.54, 1.807) is 9.13 Å². The van der Waals surface area contributed by atoms with Gasteiger partial charge < -0.3 is 9.13 Å². The standard InChI is InChI=1S/C36H26N2O2/c1-37-33-21-25-11-5-3-9-23(25)19-31(33)27-13-8-16-30(18-27)36(40)38(2)34-22-26-12-6-4-10-24(26)20-32(34)28-14-7-15-29(17-28)35(37)39/h3-22H,1-2H3. The molecule has 0 fully saturated rings. The number of nitrogens with zero attached hydrogens (tertiary/aromatic N) is 2. The van der Waals surface area contributed by atoms with E-state index in [1.165, 1.54) is 0 Å². The Morgan fingerprint density at radius 2 is 0.700 bits per heavy atom. The van der Waals surface area contributed by atoms with E-state index >= 15 is 0 Å². The van der Waals surface area contributed by atoms with Crippen molar-refractivity contribution in [1.82, 2.24) is 9.13 Å². The summed E-state index contributed by atoms with van der Waals surface area (Å²) in [6.45, 7) is 0. The zero-order valence-corrected chi connectivity index (χ0v) is 22.3. The molecule has 0 amide bonds. The SMILES string of the molecule is Cn1c(=O)c2cccc(c2)c2cc3ccccc3cc2n(C)c(=O)c2cccc(c2)c2cc3ccccc3cc21. The van der Waals surface area contributed by atoms with E-state index in [4.69, 9.17) is 0 Å². The maximum atomic E-state index is 14.0. The minimum Gasteiger partial charge on any atom is -0.311 e. The summed E-state index contributed by atoms with van der Waals surface area (Å²) in [5, 5.41) is 8.94. The van der Waals surface area contributed by atoms with Gasteiger partial charge in [-0.2, -0.15) is 0 Å². The van der Waals surface area contributed by atoms with Crippen molar-refractivity contribution in [1.29, 1.82) is 0 Å². The van der Waals surface area contributed by atoms with Gasteiger partial charge in [-0.15, -0.1) is 0 Å². The number of hydrogen-bond acceptors (Lipinski definition) is 2. The maximum absolute atomic E-state index is 14.0. The van der Waals surface area contributed by atoms with Crippen LogP contribution >= 0.6 is 0 Å². The monoisotopic (exact) mass is 518 g/mol. The molecule has 0 saturated heterocycles. The van der Waals surface area contributed by atoms with Gasteiger partial charge in [-0.3, -0.25) is 9.59 Å². The fraction of sp³-hybridized carbons (Fsp3) is 0.0556. The number of aromatic nitrogens is 2. The molecule has 7 rings (SSSR count). The molecular weight excluding hydrogens is 492 g/mol. The largest absolute Gasteiger partial charge is 0.311 e. The summed E-state index contributed by atoms with van der Waals surface area (Å²) < 4.78 is 3.43. The van der Waals surface area contributed by atoms with Gasteiger partial charge in [0.1, 0.15) is 0 Å². The molecule has 192 valence electrons. The second-order valence-corrected chi connectivity index (χ2v) is 10.3. The molecule has 4 heteroatoms. The predicted molar refractivity (Wildman–Crippen MR) is 168 cm³/mol. The zero-order valence-electron chi connectivity index (χ0n) is 22.3. The summed E-state index contributed by atoms with van der Waals surface area (Å²) >= 11 is 0. The molecule has 4 nitrogen and oxygen atoms in total. The zero-order chi connectivity index (χ0) is 27.4. The summed E-state index contributed by atoms with van der Waals surface area (Å²) in [6.07, 6.45) is 0. The Labute approximate surface area is 229 Å². The first-order valence-corrected chi connectivity index (χ1v) is 13.3.